The fourth-order valence-electron chi connectivity index (χ4n) is 4.11. The monoisotopic (exact) mass is 446 g/mol. The average molecular weight is 447 g/mol. The van der Waals surface area contributed by atoms with Crippen molar-refractivity contribution in [2.75, 3.05) is 19.8 Å². The number of nitrogens with zero attached hydrogens (tertiary/aromatic N) is 2. The summed E-state index contributed by atoms with van der Waals surface area (Å²) in [6.07, 6.45) is 9.27. The number of thiazole rings is 1. The molecular weight excluding hydrogens is 412 g/mol. The van der Waals surface area contributed by atoms with E-state index in [0.717, 1.165) is 55.1 Å². The van der Waals surface area contributed by atoms with Gasteiger partial charge in [0.2, 0.25) is 0 Å². The lowest BCUT2D eigenvalue weighted by molar-refractivity contribution is 0.0845. The predicted octanol–water partition coefficient (Wildman–Crippen LogP) is 5.87. The fraction of sp³-hybridized carbons (Fsp3) is 0.583. The Morgan fingerprint density at radius 2 is 1.90 bits per heavy atom. The summed E-state index contributed by atoms with van der Waals surface area (Å²) in [4.78, 5) is 18.5. The average Bonchev–Trinajstić information content (AvgIpc) is 3.28. The summed E-state index contributed by atoms with van der Waals surface area (Å²) >= 11 is 1.59. The van der Waals surface area contributed by atoms with Crippen molar-refractivity contribution in [3.05, 3.63) is 40.8 Å². The molecule has 3 rings (SSSR count). The number of carbonyl (C=O) groups is 1. The molecule has 1 N–H and O–H groups in total. The van der Waals surface area contributed by atoms with Gasteiger partial charge in [0, 0.05) is 30.1 Å². The topological polar surface area (TPSA) is 71.9 Å². The molecule has 0 spiro atoms. The minimum atomic E-state index is -0.822. The number of ether oxygens (including phenoxy) is 2. The summed E-state index contributed by atoms with van der Waals surface area (Å²) in [5.41, 5.74) is 1.80. The third-order valence-electron chi connectivity index (χ3n) is 5.88. The maximum Gasteiger partial charge on any atom is 0.407 e. The van der Waals surface area contributed by atoms with Gasteiger partial charge in [-0.25, -0.2) is 4.79 Å². The first kappa shape index (κ1) is 23.4. The summed E-state index contributed by atoms with van der Waals surface area (Å²) < 4.78 is 11.7. The number of carboxylic acid groups (broad SMARTS) is 1. The quantitative estimate of drug-likeness (QED) is 0.413. The summed E-state index contributed by atoms with van der Waals surface area (Å²) in [5, 5.41) is 9.54. The minimum absolute atomic E-state index is 0.0189. The van der Waals surface area contributed by atoms with Gasteiger partial charge in [-0.05, 0) is 55.9 Å². The molecule has 31 heavy (non-hydrogen) atoms. The highest BCUT2D eigenvalue weighted by molar-refractivity contribution is 7.09. The van der Waals surface area contributed by atoms with E-state index in [1.807, 2.05) is 30.5 Å². The second kappa shape index (κ2) is 12.5. The third kappa shape index (κ3) is 7.73. The molecule has 1 aromatic carbocycles. The number of aromatic nitrogens is 1. The second-order valence-electron chi connectivity index (χ2n) is 8.21. The van der Waals surface area contributed by atoms with Crippen molar-refractivity contribution in [2.24, 2.45) is 5.92 Å². The van der Waals surface area contributed by atoms with Gasteiger partial charge in [0.15, 0.2) is 0 Å². The van der Waals surface area contributed by atoms with Gasteiger partial charge in [-0.15, -0.1) is 11.3 Å². The number of rotatable bonds is 12. The van der Waals surface area contributed by atoms with Crippen LogP contribution < -0.4 is 9.47 Å². The van der Waals surface area contributed by atoms with Gasteiger partial charge in [-0.1, -0.05) is 26.2 Å². The molecular formula is C24H34N2O4S. The van der Waals surface area contributed by atoms with Gasteiger partial charge in [0.1, 0.15) is 11.5 Å². The van der Waals surface area contributed by atoms with Crippen LogP contribution in [0.25, 0.3) is 0 Å². The Labute approximate surface area is 189 Å². The lowest BCUT2D eigenvalue weighted by atomic mass is 9.87. The third-order valence-corrected chi connectivity index (χ3v) is 6.68. The van der Waals surface area contributed by atoms with E-state index < -0.39 is 6.09 Å². The molecule has 2 aromatic rings. The molecule has 0 bridgehead atoms. The fourth-order valence-corrected chi connectivity index (χ4v) is 4.78. The van der Waals surface area contributed by atoms with Crippen LogP contribution in [0.5, 0.6) is 11.5 Å². The number of unbranched alkanes of at least 4 members (excludes halogenated alkanes) is 3. The zero-order valence-corrected chi connectivity index (χ0v) is 19.2. The van der Waals surface area contributed by atoms with Crippen LogP contribution in [-0.2, 0) is 6.42 Å². The van der Waals surface area contributed by atoms with Gasteiger partial charge in [-0.3, -0.25) is 4.98 Å². The Bertz CT molecular complexity index is 766. The van der Waals surface area contributed by atoms with Crippen LogP contribution in [0.4, 0.5) is 4.79 Å². The van der Waals surface area contributed by atoms with E-state index in [1.54, 1.807) is 21.7 Å². The number of amides is 1. The highest BCUT2D eigenvalue weighted by Gasteiger charge is 2.31. The maximum atomic E-state index is 11.6. The van der Waals surface area contributed by atoms with E-state index >= 15 is 0 Å². The molecule has 0 aliphatic carbocycles. The molecule has 1 amide bonds. The smallest absolute Gasteiger partial charge is 0.407 e. The van der Waals surface area contributed by atoms with Crippen LogP contribution in [0.3, 0.4) is 0 Å². The molecule has 7 heteroatoms. The van der Waals surface area contributed by atoms with E-state index in [0.29, 0.717) is 19.1 Å². The standard InChI is InChI=1S/C24H34N2O4S/c1-2-3-4-5-13-29-21-6-8-22(9-7-21)30-14-11-19-10-12-26(24(27)28)20(15-19)16-23-17-25-18-31-23/h6-9,17-20H,2-5,10-16H2,1H3,(H,27,28). The van der Waals surface area contributed by atoms with Crippen molar-refractivity contribution >= 4 is 17.4 Å². The van der Waals surface area contributed by atoms with Crippen molar-refractivity contribution in [2.45, 2.75) is 64.3 Å². The highest BCUT2D eigenvalue weighted by atomic mass is 32.1. The second-order valence-corrected chi connectivity index (χ2v) is 9.18. The van der Waals surface area contributed by atoms with Gasteiger partial charge >= 0.3 is 6.09 Å². The summed E-state index contributed by atoms with van der Waals surface area (Å²) in [6, 6.07) is 7.87. The van der Waals surface area contributed by atoms with Crippen molar-refractivity contribution < 1.29 is 19.4 Å². The summed E-state index contributed by atoms with van der Waals surface area (Å²) in [5.74, 6) is 2.21. The van der Waals surface area contributed by atoms with Crippen LogP contribution in [0.15, 0.2) is 36.0 Å². The largest absolute Gasteiger partial charge is 0.494 e. The Balaban J connectivity index is 1.40. The number of piperidine rings is 1. The van der Waals surface area contributed by atoms with Gasteiger partial charge in [-0.2, -0.15) is 0 Å². The van der Waals surface area contributed by atoms with Gasteiger partial charge in [0.05, 0.1) is 18.7 Å². The van der Waals surface area contributed by atoms with E-state index in [2.05, 4.69) is 11.9 Å². The van der Waals surface area contributed by atoms with Crippen LogP contribution in [0, 0.1) is 5.92 Å². The van der Waals surface area contributed by atoms with Crippen LogP contribution in [-0.4, -0.2) is 46.9 Å². The van der Waals surface area contributed by atoms with E-state index in [4.69, 9.17) is 9.47 Å². The molecule has 2 atom stereocenters. The lowest BCUT2D eigenvalue weighted by Crippen LogP contribution is -2.46. The maximum absolute atomic E-state index is 11.6. The molecule has 1 saturated heterocycles. The first-order chi connectivity index (χ1) is 15.2. The van der Waals surface area contributed by atoms with E-state index in [-0.39, 0.29) is 6.04 Å². The summed E-state index contributed by atoms with van der Waals surface area (Å²) in [7, 11) is 0. The predicted molar refractivity (Wildman–Crippen MR) is 123 cm³/mol. The molecule has 1 aromatic heterocycles. The van der Waals surface area contributed by atoms with Crippen molar-refractivity contribution in [3.63, 3.8) is 0 Å². The van der Waals surface area contributed by atoms with E-state index in [9.17, 15) is 9.90 Å². The first-order valence-electron chi connectivity index (χ1n) is 11.4. The Morgan fingerprint density at radius 1 is 1.16 bits per heavy atom. The SMILES string of the molecule is CCCCCCOc1ccc(OCCC2CCN(C(=O)O)C(Cc3cncs3)C2)cc1. The number of benzene rings is 1. The molecule has 1 aliphatic rings. The molecule has 2 heterocycles. The Kier molecular flexibility index (Phi) is 9.46. The molecule has 0 radical (unpaired) electrons. The number of hydrogen-bond donors (Lipinski definition) is 1. The molecule has 2 unspecified atom stereocenters. The van der Waals surface area contributed by atoms with Gasteiger partial charge < -0.3 is 19.5 Å². The lowest BCUT2D eigenvalue weighted by Gasteiger charge is -2.37. The molecule has 6 nitrogen and oxygen atoms in total. The van der Waals surface area contributed by atoms with Crippen molar-refractivity contribution in [3.8, 4) is 11.5 Å². The highest BCUT2D eigenvalue weighted by Crippen LogP contribution is 2.29. The number of hydrogen-bond acceptors (Lipinski definition) is 5. The van der Waals surface area contributed by atoms with Crippen LogP contribution in [0.1, 0.15) is 56.7 Å². The number of likely N-dealkylation sites (tertiary alicyclic amines) is 1. The van der Waals surface area contributed by atoms with E-state index in [1.165, 1.54) is 19.3 Å². The Hall–Kier alpha value is -2.28. The molecule has 0 saturated carbocycles. The normalized spacial score (nSPS) is 18.7. The molecule has 170 valence electrons. The first-order valence-corrected chi connectivity index (χ1v) is 12.3. The van der Waals surface area contributed by atoms with Crippen molar-refractivity contribution in [1.82, 2.24) is 9.88 Å². The zero-order chi connectivity index (χ0) is 21.9. The van der Waals surface area contributed by atoms with Crippen LogP contribution in [0.2, 0.25) is 0 Å². The summed E-state index contributed by atoms with van der Waals surface area (Å²) in [6.45, 7) is 4.20. The molecule has 1 aliphatic heterocycles. The van der Waals surface area contributed by atoms with Crippen molar-refractivity contribution in [1.29, 1.82) is 0 Å². The van der Waals surface area contributed by atoms with Crippen LogP contribution >= 0.6 is 11.3 Å². The minimum Gasteiger partial charge on any atom is -0.494 e. The zero-order valence-electron chi connectivity index (χ0n) is 18.4. The van der Waals surface area contributed by atoms with Gasteiger partial charge in [0.25, 0.3) is 0 Å². The Morgan fingerprint density at radius 3 is 2.55 bits per heavy atom. The molecule has 1 fully saturated rings.